The van der Waals surface area contributed by atoms with Crippen molar-refractivity contribution < 1.29 is 17.9 Å². The van der Waals surface area contributed by atoms with Gasteiger partial charge in [-0.1, -0.05) is 42.5 Å². The zero-order valence-corrected chi connectivity index (χ0v) is 20.0. The molecule has 1 fully saturated rings. The van der Waals surface area contributed by atoms with Crippen LogP contribution >= 0.6 is 11.8 Å². The van der Waals surface area contributed by atoms with Crippen LogP contribution < -0.4 is 16.0 Å². The van der Waals surface area contributed by atoms with Crippen LogP contribution in [0.15, 0.2) is 77.7 Å². The molecule has 0 bridgehead atoms. The molecule has 8 nitrogen and oxygen atoms in total. The number of carbonyl (C=O) groups is 1. The summed E-state index contributed by atoms with van der Waals surface area (Å²) < 4.78 is 29.8. The molecule has 176 valence electrons. The average Bonchev–Trinajstić information content (AvgIpc) is 3.27. The molecule has 0 aromatic heterocycles. The second-order valence-corrected chi connectivity index (χ2v) is 10.7. The lowest BCUT2D eigenvalue weighted by atomic mass is 10.1. The van der Waals surface area contributed by atoms with Crippen molar-refractivity contribution >= 4 is 44.9 Å². The highest BCUT2D eigenvalue weighted by molar-refractivity contribution is 7.99. The number of nitrogens with two attached hydrogens (primary N) is 1. The number of carbonyl (C=O) groups excluding carboxylic acids is 1. The largest absolute Gasteiger partial charge is 0.424 e. The topological polar surface area (TPSA) is 126 Å². The van der Waals surface area contributed by atoms with Crippen LogP contribution in [0.5, 0.6) is 0 Å². The Morgan fingerprint density at radius 1 is 1.12 bits per heavy atom. The van der Waals surface area contributed by atoms with E-state index in [1.807, 2.05) is 17.0 Å². The van der Waals surface area contributed by atoms with E-state index < -0.39 is 22.2 Å². The summed E-state index contributed by atoms with van der Waals surface area (Å²) in [6.07, 6.45) is 0.122. The predicted octanol–water partition coefficient (Wildman–Crippen LogP) is 4.13. The molecule has 10 heteroatoms. The lowest BCUT2D eigenvalue weighted by Gasteiger charge is -2.26. The Balaban J connectivity index is 1.44. The number of sulfone groups is 1. The Morgan fingerprint density at radius 2 is 1.85 bits per heavy atom. The van der Waals surface area contributed by atoms with Crippen LogP contribution in [0.4, 0.5) is 16.2 Å². The molecule has 1 atom stereocenters. The number of amides is 1. The summed E-state index contributed by atoms with van der Waals surface area (Å²) in [5, 5.41) is 10.4. The van der Waals surface area contributed by atoms with Crippen molar-refractivity contribution in [1.82, 2.24) is 0 Å². The number of nitrogens with one attached hydrogen (secondary N) is 2. The van der Waals surface area contributed by atoms with E-state index in [1.54, 1.807) is 72.4 Å². The smallest absolute Gasteiger partial charge is 0.413 e. The first-order valence-electron chi connectivity index (χ1n) is 10.4. The maximum atomic E-state index is 12.6. The van der Waals surface area contributed by atoms with Gasteiger partial charge in [0.05, 0.1) is 16.5 Å². The van der Waals surface area contributed by atoms with Crippen LogP contribution in [0, 0.1) is 5.41 Å². The molecule has 0 saturated carbocycles. The second kappa shape index (κ2) is 9.78. The fourth-order valence-electron chi connectivity index (χ4n) is 3.65. The van der Waals surface area contributed by atoms with Gasteiger partial charge >= 0.3 is 6.09 Å². The van der Waals surface area contributed by atoms with Gasteiger partial charge in [-0.15, -0.1) is 11.8 Å². The molecule has 4 N–H and O–H groups in total. The number of thioether (sulfide) groups is 1. The van der Waals surface area contributed by atoms with Crippen molar-refractivity contribution in [3.8, 4) is 11.1 Å². The van der Waals surface area contributed by atoms with E-state index in [2.05, 4.69) is 5.32 Å². The highest BCUT2D eigenvalue weighted by atomic mass is 32.2. The maximum absolute atomic E-state index is 12.6. The van der Waals surface area contributed by atoms with Gasteiger partial charge in [0.25, 0.3) is 0 Å². The van der Waals surface area contributed by atoms with Gasteiger partial charge in [0.1, 0.15) is 5.84 Å². The summed E-state index contributed by atoms with van der Waals surface area (Å²) >= 11 is 1.64. The van der Waals surface area contributed by atoms with Crippen LogP contribution in [0.1, 0.15) is 5.56 Å². The number of nitrogens with zero attached hydrogens (tertiary/aromatic N) is 1. The van der Waals surface area contributed by atoms with Gasteiger partial charge in [0.2, 0.25) is 0 Å². The molecule has 1 saturated heterocycles. The molecule has 1 heterocycles. The molecule has 0 aliphatic carbocycles. The summed E-state index contributed by atoms with van der Waals surface area (Å²) in [4.78, 5) is 14.8. The number of anilines is 2. The van der Waals surface area contributed by atoms with Gasteiger partial charge in [-0.25, -0.2) is 13.2 Å². The quantitative estimate of drug-likeness (QED) is 0.346. The van der Waals surface area contributed by atoms with Gasteiger partial charge in [-0.05, 0) is 35.9 Å². The fraction of sp³-hybridized carbons (Fsp3) is 0.167. The van der Waals surface area contributed by atoms with Crippen molar-refractivity contribution in [3.05, 3.63) is 78.4 Å². The predicted molar refractivity (Wildman–Crippen MR) is 136 cm³/mol. The first-order chi connectivity index (χ1) is 16.2. The third-order valence-electron chi connectivity index (χ3n) is 5.30. The molecular formula is C24H24N4O4S2. The van der Waals surface area contributed by atoms with E-state index in [-0.39, 0.29) is 10.7 Å². The average molecular weight is 497 g/mol. The van der Waals surface area contributed by atoms with Crippen molar-refractivity contribution in [2.75, 3.05) is 28.1 Å². The molecule has 1 unspecified atom stereocenters. The minimum Gasteiger partial charge on any atom is -0.424 e. The first kappa shape index (κ1) is 23.7. The number of rotatable bonds is 6. The van der Waals surface area contributed by atoms with E-state index >= 15 is 0 Å². The number of nitrogen functional groups attached to an aromatic ring is 1. The third kappa shape index (κ3) is 5.35. The SMILES string of the molecule is CS(=O)(=O)c1ccccc1-c1ccc(NC(=O)OC2CSCN2c2cccc(C(=N)N)c2)cc1. The number of amidine groups is 1. The third-order valence-corrected chi connectivity index (χ3v) is 7.44. The molecule has 0 radical (unpaired) electrons. The number of ether oxygens (including phenoxy) is 1. The monoisotopic (exact) mass is 496 g/mol. The van der Waals surface area contributed by atoms with Crippen LogP contribution in [0.2, 0.25) is 0 Å². The Kier molecular flexibility index (Phi) is 6.80. The molecule has 1 aliphatic rings. The van der Waals surface area contributed by atoms with Crippen LogP contribution in [-0.4, -0.2) is 44.5 Å². The van der Waals surface area contributed by atoms with E-state index in [0.29, 0.717) is 28.4 Å². The normalized spacial score (nSPS) is 15.7. The van der Waals surface area contributed by atoms with E-state index in [1.165, 1.54) is 6.26 Å². The maximum Gasteiger partial charge on any atom is 0.413 e. The van der Waals surface area contributed by atoms with Gasteiger partial charge in [-0.2, -0.15) is 0 Å². The van der Waals surface area contributed by atoms with Crippen LogP contribution in [-0.2, 0) is 14.6 Å². The highest BCUT2D eigenvalue weighted by Gasteiger charge is 2.29. The number of hydrogen-bond donors (Lipinski definition) is 3. The molecule has 1 aliphatic heterocycles. The molecule has 4 rings (SSSR count). The Morgan fingerprint density at radius 3 is 2.56 bits per heavy atom. The minimum atomic E-state index is -3.37. The molecule has 3 aromatic rings. The number of hydrogen-bond acceptors (Lipinski definition) is 7. The van der Waals surface area contributed by atoms with Gasteiger partial charge < -0.3 is 15.4 Å². The Hall–Kier alpha value is -3.50. The van der Waals surface area contributed by atoms with Gasteiger partial charge in [-0.3, -0.25) is 10.7 Å². The molecule has 34 heavy (non-hydrogen) atoms. The minimum absolute atomic E-state index is 0.0217. The highest BCUT2D eigenvalue weighted by Crippen LogP contribution is 2.30. The number of benzene rings is 3. The Bertz CT molecular complexity index is 1330. The van der Waals surface area contributed by atoms with E-state index in [0.717, 1.165) is 11.3 Å². The molecule has 0 spiro atoms. The summed E-state index contributed by atoms with van der Waals surface area (Å²) in [6, 6.07) is 21.0. The lowest BCUT2D eigenvalue weighted by molar-refractivity contribution is 0.125. The van der Waals surface area contributed by atoms with Crippen molar-refractivity contribution in [2.24, 2.45) is 5.73 Å². The van der Waals surface area contributed by atoms with Crippen LogP contribution in [0.3, 0.4) is 0 Å². The summed E-state index contributed by atoms with van der Waals surface area (Å²) in [7, 11) is -3.37. The van der Waals surface area contributed by atoms with E-state index in [9.17, 15) is 13.2 Å². The Labute approximate surface area is 202 Å². The fourth-order valence-corrected chi connectivity index (χ4v) is 5.63. The van der Waals surface area contributed by atoms with Crippen molar-refractivity contribution in [3.63, 3.8) is 0 Å². The summed E-state index contributed by atoms with van der Waals surface area (Å²) in [6.45, 7) is 0. The molecule has 1 amide bonds. The standard InChI is InChI=1S/C24H24N4O4S2/c1-34(30,31)21-8-3-2-7-20(21)16-9-11-18(12-10-16)27-24(29)32-22-14-33-15-28(22)19-6-4-5-17(13-19)23(25)26/h2-13,22H,14-15H2,1H3,(H3,25,26)(H,27,29). The summed E-state index contributed by atoms with van der Waals surface area (Å²) in [5.74, 6) is 1.23. The van der Waals surface area contributed by atoms with Gasteiger partial charge in [0, 0.05) is 28.8 Å². The molecular weight excluding hydrogens is 472 g/mol. The van der Waals surface area contributed by atoms with Crippen molar-refractivity contribution in [2.45, 2.75) is 11.1 Å². The molecule has 3 aromatic carbocycles. The van der Waals surface area contributed by atoms with Crippen molar-refractivity contribution in [1.29, 1.82) is 5.41 Å². The zero-order valence-electron chi connectivity index (χ0n) is 18.4. The lowest BCUT2D eigenvalue weighted by Crippen LogP contribution is -2.36. The van der Waals surface area contributed by atoms with Gasteiger partial charge in [0.15, 0.2) is 16.1 Å². The second-order valence-electron chi connectivity index (χ2n) is 7.76. The van der Waals surface area contributed by atoms with Crippen LogP contribution in [0.25, 0.3) is 11.1 Å². The first-order valence-corrected chi connectivity index (χ1v) is 13.4. The zero-order chi connectivity index (χ0) is 24.3. The van der Waals surface area contributed by atoms with E-state index in [4.69, 9.17) is 15.9 Å². The summed E-state index contributed by atoms with van der Waals surface area (Å²) in [5.41, 5.74) is 8.88.